The fraction of sp³-hybridized carbons (Fsp3) is 0.462. The molecule has 0 atom stereocenters. The highest BCUT2D eigenvalue weighted by Gasteiger charge is 2.22. The van der Waals surface area contributed by atoms with Crippen LogP contribution < -0.4 is 5.56 Å². The molecule has 0 aromatic carbocycles. The van der Waals surface area contributed by atoms with E-state index in [1.807, 2.05) is 13.8 Å². The molecule has 20 heavy (non-hydrogen) atoms. The molecule has 0 fully saturated rings. The number of amides is 1. The van der Waals surface area contributed by atoms with E-state index in [1.54, 1.807) is 16.5 Å². The summed E-state index contributed by atoms with van der Waals surface area (Å²) in [7, 11) is 0. The van der Waals surface area contributed by atoms with Crippen LogP contribution in [0.25, 0.3) is 4.96 Å². The lowest BCUT2D eigenvalue weighted by atomic mass is 10.2. The Morgan fingerprint density at radius 2 is 2.30 bits per heavy atom. The monoisotopic (exact) mass is 295 g/mol. The lowest BCUT2D eigenvalue weighted by molar-refractivity contribution is 0.0690. The third kappa shape index (κ3) is 2.73. The van der Waals surface area contributed by atoms with Crippen molar-refractivity contribution in [1.82, 2.24) is 14.3 Å². The summed E-state index contributed by atoms with van der Waals surface area (Å²) in [5.74, 6) is -0.341. The lowest BCUT2D eigenvalue weighted by Gasteiger charge is -2.26. The molecule has 2 aromatic heterocycles. The Kier molecular flexibility index (Phi) is 4.51. The number of aliphatic hydroxyl groups excluding tert-OH is 1. The van der Waals surface area contributed by atoms with Gasteiger partial charge in [0.05, 0.1) is 0 Å². The summed E-state index contributed by atoms with van der Waals surface area (Å²) in [6.45, 7) is 4.18. The van der Waals surface area contributed by atoms with Gasteiger partial charge in [0.25, 0.3) is 11.5 Å². The number of thiazole rings is 1. The van der Waals surface area contributed by atoms with Crippen molar-refractivity contribution in [3.05, 3.63) is 33.7 Å². The molecule has 0 aliphatic carbocycles. The number of aliphatic hydroxyl groups is 1. The van der Waals surface area contributed by atoms with Crippen LogP contribution in [0.4, 0.5) is 0 Å². The van der Waals surface area contributed by atoms with Gasteiger partial charge in [0.1, 0.15) is 5.56 Å². The summed E-state index contributed by atoms with van der Waals surface area (Å²) in [4.78, 5) is 31.0. The number of aromatic nitrogens is 2. The van der Waals surface area contributed by atoms with E-state index in [0.717, 1.165) is 0 Å². The first-order chi connectivity index (χ1) is 9.56. The van der Waals surface area contributed by atoms with Gasteiger partial charge in [0.2, 0.25) is 0 Å². The number of nitrogens with zero attached hydrogens (tertiary/aromatic N) is 3. The molecule has 2 heterocycles. The topological polar surface area (TPSA) is 74.9 Å². The normalized spacial score (nSPS) is 11.2. The average molecular weight is 295 g/mol. The van der Waals surface area contributed by atoms with E-state index in [-0.39, 0.29) is 29.7 Å². The highest BCUT2D eigenvalue weighted by Crippen LogP contribution is 2.09. The molecule has 0 saturated heterocycles. The van der Waals surface area contributed by atoms with Gasteiger partial charge in [-0.1, -0.05) is 0 Å². The second kappa shape index (κ2) is 6.15. The third-order valence-corrected chi connectivity index (χ3v) is 3.79. The minimum atomic E-state index is -0.351. The van der Waals surface area contributed by atoms with Gasteiger partial charge in [-0.2, -0.15) is 0 Å². The molecule has 0 aliphatic heterocycles. The van der Waals surface area contributed by atoms with Crippen LogP contribution in [0.5, 0.6) is 0 Å². The van der Waals surface area contributed by atoms with Gasteiger partial charge >= 0.3 is 0 Å². The highest BCUT2D eigenvalue weighted by molar-refractivity contribution is 7.15. The number of carbonyl (C=O) groups excluding carboxylic acids is 1. The van der Waals surface area contributed by atoms with E-state index in [9.17, 15) is 9.59 Å². The Balaban J connectivity index is 2.38. The standard InChI is InChI=1S/C13H17N3O3S/c1-9(2)15(4-3-6-17)11(18)10-8-14-13-16(12(10)19)5-7-20-13/h5,7-9,17H,3-4,6H2,1-2H3. The van der Waals surface area contributed by atoms with Crippen LogP contribution >= 0.6 is 11.3 Å². The first kappa shape index (κ1) is 14.7. The zero-order chi connectivity index (χ0) is 14.7. The first-order valence-electron chi connectivity index (χ1n) is 6.43. The number of carbonyl (C=O) groups is 1. The summed E-state index contributed by atoms with van der Waals surface area (Å²) in [5.41, 5.74) is -0.288. The summed E-state index contributed by atoms with van der Waals surface area (Å²) in [6, 6.07) is -0.0448. The van der Waals surface area contributed by atoms with Gasteiger partial charge < -0.3 is 10.0 Å². The number of fused-ring (bicyclic) bond motifs is 1. The lowest BCUT2D eigenvalue weighted by Crippen LogP contribution is -2.41. The van der Waals surface area contributed by atoms with Crippen molar-refractivity contribution in [3.63, 3.8) is 0 Å². The molecule has 6 nitrogen and oxygen atoms in total. The first-order valence-corrected chi connectivity index (χ1v) is 7.31. The van der Waals surface area contributed by atoms with Crippen LogP contribution in [0.2, 0.25) is 0 Å². The minimum Gasteiger partial charge on any atom is -0.396 e. The van der Waals surface area contributed by atoms with Crippen LogP contribution in [0, 0.1) is 0 Å². The molecule has 108 valence electrons. The van der Waals surface area contributed by atoms with Crippen LogP contribution in [-0.2, 0) is 0 Å². The third-order valence-electron chi connectivity index (χ3n) is 3.01. The van der Waals surface area contributed by atoms with Gasteiger partial charge in [0, 0.05) is 37.0 Å². The summed E-state index contributed by atoms with van der Waals surface area (Å²) in [5, 5.41) is 10.7. The molecular formula is C13H17N3O3S. The van der Waals surface area contributed by atoms with E-state index in [2.05, 4.69) is 4.98 Å². The SMILES string of the molecule is CC(C)N(CCCO)C(=O)c1cnc2sccn2c1=O. The van der Waals surface area contributed by atoms with Crippen LogP contribution in [0.1, 0.15) is 30.6 Å². The molecule has 0 bridgehead atoms. The molecule has 1 N–H and O–H groups in total. The maximum atomic E-state index is 12.5. The van der Waals surface area contributed by atoms with Gasteiger partial charge in [-0.25, -0.2) is 4.98 Å². The Labute approximate surface area is 120 Å². The van der Waals surface area contributed by atoms with Crippen molar-refractivity contribution >= 4 is 22.2 Å². The summed E-state index contributed by atoms with van der Waals surface area (Å²) >= 11 is 1.34. The van der Waals surface area contributed by atoms with Crippen molar-refractivity contribution in [2.45, 2.75) is 26.3 Å². The van der Waals surface area contributed by atoms with Crippen LogP contribution in [0.15, 0.2) is 22.6 Å². The largest absolute Gasteiger partial charge is 0.396 e. The summed E-state index contributed by atoms with van der Waals surface area (Å²) < 4.78 is 1.38. The molecule has 0 spiro atoms. The fourth-order valence-electron chi connectivity index (χ4n) is 1.96. The smallest absolute Gasteiger partial charge is 0.271 e. The molecule has 2 rings (SSSR count). The predicted octanol–water partition coefficient (Wildman–Crippen LogP) is 0.989. The Morgan fingerprint density at radius 3 is 2.95 bits per heavy atom. The van der Waals surface area contributed by atoms with Crippen molar-refractivity contribution in [3.8, 4) is 0 Å². The Bertz CT molecular complexity index is 662. The predicted molar refractivity (Wildman–Crippen MR) is 77.2 cm³/mol. The number of rotatable bonds is 5. The maximum Gasteiger partial charge on any atom is 0.271 e. The van der Waals surface area contributed by atoms with Gasteiger partial charge in [-0.3, -0.25) is 14.0 Å². The van der Waals surface area contributed by atoms with Crippen LogP contribution in [-0.4, -0.2) is 44.5 Å². The molecule has 7 heteroatoms. The van der Waals surface area contributed by atoms with E-state index < -0.39 is 0 Å². The highest BCUT2D eigenvalue weighted by atomic mass is 32.1. The molecule has 0 saturated carbocycles. The average Bonchev–Trinajstić information content (AvgIpc) is 2.88. The molecular weight excluding hydrogens is 278 g/mol. The quantitative estimate of drug-likeness (QED) is 0.892. The second-order valence-corrected chi connectivity index (χ2v) is 5.58. The molecule has 1 amide bonds. The van der Waals surface area contributed by atoms with E-state index >= 15 is 0 Å². The van der Waals surface area contributed by atoms with Crippen molar-refractivity contribution in [2.75, 3.05) is 13.2 Å². The number of hydrogen-bond donors (Lipinski definition) is 1. The number of hydrogen-bond acceptors (Lipinski definition) is 5. The molecule has 0 radical (unpaired) electrons. The van der Waals surface area contributed by atoms with Gasteiger partial charge in [0.15, 0.2) is 4.96 Å². The van der Waals surface area contributed by atoms with E-state index in [1.165, 1.54) is 21.9 Å². The zero-order valence-electron chi connectivity index (χ0n) is 11.4. The van der Waals surface area contributed by atoms with E-state index in [4.69, 9.17) is 5.11 Å². The summed E-state index contributed by atoms with van der Waals surface area (Å²) in [6.07, 6.45) is 3.43. The van der Waals surface area contributed by atoms with Crippen molar-refractivity contribution in [1.29, 1.82) is 0 Å². The maximum absolute atomic E-state index is 12.5. The van der Waals surface area contributed by atoms with Crippen molar-refractivity contribution < 1.29 is 9.90 Å². The zero-order valence-corrected chi connectivity index (χ0v) is 12.3. The van der Waals surface area contributed by atoms with Crippen molar-refractivity contribution in [2.24, 2.45) is 0 Å². The molecule has 2 aromatic rings. The van der Waals surface area contributed by atoms with E-state index in [0.29, 0.717) is 17.9 Å². The molecule has 0 aliphatic rings. The molecule has 0 unspecified atom stereocenters. The Hall–Kier alpha value is -1.73. The Morgan fingerprint density at radius 1 is 1.55 bits per heavy atom. The van der Waals surface area contributed by atoms with Crippen LogP contribution in [0.3, 0.4) is 0 Å². The fourth-order valence-corrected chi connectivity index (χ4v) is 2.64. The van der Waals surface area contributed by atoms with Gasteiger partial charge in [-0.15, -0.1) is 11.3 Å². The van der Waals surface area contributed by atoms with Gasteiger partial charge in [-0.05, 0) is 20.3 Å². The second-order valence-electron chi connectivity index (χ2n) is 4.70. The minimum absolute atomic E-state index is 0.0112.